The van der Waals surface area contributed by atoms with E-state index in [2.05, 4.69) is 21.4 Å². The molecule has 148 valence electrons. The topological polar surface area (TPSA) is 64.1 Å². The van der Waals surface area contributed by atoms with Crippen molar-refractivity contribution in [2.45, 2.75) is 32.8 Å². The summed E-state index contributed by atoms with van der Waals surface area (Å²) in [5, 5.41) is 2.88. The molecule has 1 atom stereocenters. The Morgan fingerprint density at radius 2 is 2.10 bits per heavy atom. The van der Waals surface area contributed by atoms with Gasteiger partial charge in [0.25, 0.3) is 0 Å². The van der Waals surface area contributed by atoms with Gasteiger partial charge in [0.2, 0.25) is 5.91 Å². The summed E-state index contributed by atoms with van der Waals surface area (Å²) < 4.78 is 19.2. The van der Waals surface area contributed by atoms with Crippen LogP contribution in [0.4, 0.5) is 4.39 Å². The van der Waals surface area contributed by atoms with Crippen molar-refractivity contribution in [3.05, 3.63) is 77.0 Å². The van der Waals surface area contributed by atoms with E-state index in [-0.39, 0.29) is 24.2 Å². The van der Waals surface area contributed by atoms with Crippen molar-refractivity contribution in [2.75, 3.05) is 6.54 Å². The van der Waals surface area contributed by atoms with E-state index in [9.17, 15) is 9.18 Å². The number of rotatable bonds is 5. The van der Waals surface area contributed by atoms with E-state index in [4.69, 9.17) is 4.74 Å². The van der Waals surface area contributed by atoms with E-state index in [1.54, 1.807) is 18.3 Å². The molecule has 0 fully saturated rings. The Balaban J connectivity index is 1.38. The van der Waals surface area contributed by atoms with Crippen LogP contribution in [0.25, 0.3) is 11.3 Å². The first-order valence-electron chi connectivity index (χ1n) is 9.59. The van der Waals surface area contributed by atoms with Crippen molar-refractivity contribution in [3.8, 4) is 17.0 Å². The molecular formula is C23H22FN3O2. The zero-order valence-corrected chi connectivity index (χ0v) is 16.4. The van der Waals surface area contributed by atoms with Crippen molar-refractivity contribution in [1.82, 2.24) is 15.3 Å². The Kier molecular flexibility index (Phi) is 5.25. The van der Waals surface area contributed by atoms with Gasteiger partial charge in [0.15, 0.2) is 0 Å². The summed E-state index contributed by atoms with van der Waals surface area (Å²) in [6.45, 7) is 4.28. The maximum atomic E-state index is 13.2. The maximum Gasteiger partial charge on any atom is 0.224 e. The second-order valence-electron chi connectivity index (χ2n) is 7.32. The van der Waals surface area contributed by atoms with Gasteiger partial charge in [-0.2, -0.15) is 0 Å². The first-order valence-corrected chi connectivity index (χ1v) is 9.59. The molecule has 29 heavy (non-hydrogen) atoms. The fourth-order valence-electron chi connectivity index (χ4n) is 3.52. The Morgan fingerprint density at radius 1 is 1.24 bits per heavy atom. The van der Waals surface area contributed by atoms with Gasteiger partial charge in [-0.05, 0) is 55.3 Å². The Bertz CT molecular complexity index is 1070. The number of carbonyl (C=O) groups excluding carboxylic acids is 1. The second-order valence-corrected chi connectivity index (χ2v) is 7.32. The van der Waals surface area contributed by atoms with Crippen LogP contribution in [0.3, 0.4) is 0 Å². The fourth-order valence-corrected chi connectivity index (χ4v) is 3.52. The lowest BCUT2D eigenvalue weighted by Crippen LogP contribution is -2.35. The van der Waals surface area contributed by atoms with Crippen LogP contribution in [-0.2, 0) is 17.6 Å². The van der Waals surface area contributed by atoms with Crippen molar-refractivity contribution < 1.29 is 13.9 Å². The van der Waals surface area contributed by atoms with Crippen molar-refractivity contribution in [2.24, 2.45) is 0 Å². The molecule has 0 saturated heterocycles. The minimum atomic E-state index is -0.339. The van der Waals surface area contributed by atoms with Crippen molar-refractivity contribution in [1.29, 1.82) is 0 Å². The van der Waals surface area contributed by atoms with Crippen LogP contribution in [0, 0.1) is 19.7 Å². The number of aromatic nitrogens is 2. The smallest absolute Gasteiger partial charge is 0.224 e. The third kappa shape index (κ3) is 4.42. The zero-order chi connectivity index (χ0) is 20.4. The highest BCUT2D eigenvalue weighted by atomic mass is 19.1. The standard InChI is InChI=1S/C23H22FN3O2/c1-14-12-25-15(2)23(27-14)17-6-7-21-18(10-17)11-20(29-21)13-26-22(28)9-16-4-3-5-19(24)8-16/h3-8,10,12,20H,9,11,13H2,1-2H3,(H,26,28)/t20-/m1/s1. The molecule has 2 aromatic carbocycles. The van der Waals surface area contributed by atoms with Gasteiger partial charge in [-0.3, -0.25) is 9.78 Å². The number of halogens is 1. The van der Waals surface area contributed by atoms with Crippen molar-refractivity contribution >= 4 is 5.91 Å². The number of nitrogens with one attached hydrogen (secondary N) is 1. The van der Waals surface area contributed by atoms with E-state index >= 15 is 0 Å². The lowest BCUT2D eigenvalue weighted by Gasteiger charge is -2.12. The van der Waals surface area contributed by atoms with E-state index in [1.807, 2.05) is 26.0 Å². The van der Waals surface area contributed by atoms with E-state index in [0.29, 0.717) is 18.5 Å². The summed E-state index contributed by atoms with van der Waals surface area (Å²) in [6.07, 6.45) is 2.49. The molecule has 1 aliphatic rings. The molecule has 0 radical (unpaired) electrons. The first-order chi connectivity index (χ1) is 14.0. The summed E-state index contributed by atoms with van der Waals surface area (Å²) in [4.78, 5) is 21.2. The van der Waals surface area contributed by atoms with E-state index in [1.165, 1.54) is 12.1 Å². The number of fused-ring (bicyclic) bond motifs is 1. The number of ether oxygens (including phenoxy) is 1. The van der Waals surface area contributed by atoms with Crippen molar-refractivity contribution in [3.63, 3.8) is 0 Å². The number of hydrogen-bond donors (Lipinski definition) is 1. The molecule has 2 heterocycles. The van der Waals surface area contributed by atoms with Gasteiger partial charge in [-0.15, -0.1) is 0 Å². The largest absolute Gasteiger partial charge is 0.488 e. The van der Waals surface area contributed by atoms with Crippen LogP contribution >= 0.6 is 0 Å². The SMILES string of the molecule is Cc1cnc(C)c(-c2ccc3c(c2)C[C@H](CNC(=O)Cc2cccc(F)c2)O3)n1. The molecule has 0 spiro atoms. The van der Waals surface area contributed by atoms with Crippen LogP contribution < -0.4 is 10.1 Å². The third-order valence-electron chi connectivity index (χ3n) is 4.93. The summed E-state index contributed by atoms with van der Waals surface area (Å²) in [7, 11) is 0. The van der Waals surface area contributed by atoms with Gasteiger partial charge in [0.1, 0.15) is 17.7 Å². The highest BCUT2D eigenvalue weighted by molar-refractivity contribution is 5.78. The molecule has 1 N–H and O–H groups in total. The van der Waals surface area contributed by atoms with Gasteiger partial charge in [-0.25, -0.2) is 9.37 Å². The minimum absolute atomic E-state index is 0.124. The lowest BCUT2D eigenvalue weighted by molar-refractivity contribution is -0.120. The lowest BCUT2D eigenvalue weighted by atomic mass is 10.0. The number of hydrogen-bond acceptors (Lipinski definition) is 4. The maximum absolute atomic E-state index is 13.2. The average molecular weight is 391 g/mol. The normalized spacial score (nSPS) is 14.9. The highest BCUT2D eigenvalue weighted by Crippen LogP contribution is 2.33. The van der Waals surface area contributed by atoms with E-state index in [0.717, 1.165) is 34.0 Å². The molecule has 5 nitrogen and oxygen atoms in total. The van der Waals surface area contributed by atoms with E-state index < -0.39 is 0 Å². The number of aryl methyl sites for hydroxylation is 2. The Morgan fingerprint density at radius 3 is 2.93 bits per heavy atom. The molecule has 4 rings (SSSR count). The Labute approximate surface area is 169 Å². The van der Waals surface area contributed by atoms with Gasteiger partial charge in [0.05, 0.1) is 30.0 Å². The Hall–Kier alpha value is -3.28. The summed E-state index contributed by atoms with van der Waals surface area (Å²) in [5.41, 5.74) is 5.39. The number of amides is 1. The number of nitrogens with zero attached hydrogens (tertiary/aromatic N) is 2. The predicted molar refractivity (Wildman–Crippen MR) is 108 cm³/mol. The van der Waals surface area contributed by atoms with Crippen LogP contribution in [0.15, 0.2) is 48.7 Å². The highest BCUT2D eigenvalue weighted by Gasteiger charge is 2.24. The van der Waals surface area contributed by atoms with Crippen LogP contribution in [0.5, 0.6) is 5.75 Å². The van der Waals surface area contributed by atoms with Gasteiger partial charge >= 0.3 is 0 Å². The predicted octanol–water partition coefficient (Wildman–Crippen LogP) is 3.56. The molecule has 0 unspecified atom stereocenters. The van der Waals surface area contributed by atoms with Crippen LogP contribution in [-0.4, -0.2) is 28.5 Å². The summed E-state index contributed by atoms with van der Waals surface area (Å²) >= 11 is 0. The van der Waals surface area contributed by atoms with Gasteiger partial charge in [-0.1, -0.05) is 12.1 Å². The molecule has 0 aliphatic carbocycles. The number of carbonyl (C=O) groups is 1. The molecule has 1 aromatic heterocycles. The second kappa shape index (κ2) is 7.99. The first kappa shape index (κ1) is 19.1. The molecule has 0 saturated carbocycles. The third-order valence-corrected chi connectivity index (χ3v) is 4.93. The van der Waals surface area contributed by atoms with Crippen LogP contribution in [0.1, 0.15) is 22.5 Å². The summed E-state index contributed by atoms with van der Waals surface area (Å²) in [6, 6.07) is 12.1. The number of benzene rings is 2. The monoisotopic (exact) mass is 391 g/mol. The molecule has 6 heteroatoms. The van der Waals surface area contributed by atoms with Gasteiger partial charge in [0, 0.05) is 18.2 Å². The average Bonchev–Trinajstić information content (AvgIpc) is 3.10. The van der Waals surface area contributed by atoms with Gasteiger partial charge < -0.3 is 10.1 Å². The van der Waals surface area contributed by atoms with Crippen LogP contribution in [0.2, 0.25) is 0 Å². The minimum Gasteiger partial charge on any atom is -0.488 e. The summed E-state index contributed by atoms with van der Waals surface area (Å²) in [5.74, 6) is 0.340. The quantitative estimate of drug-likeness (QED) is 0.722. The molecule has 1 aliphatic heterocycles. The fraction of sp³-hybridized carbons (Fsp3) is 0.261. The molecule has 1 amide bonds. The molecule has 0 bridgehead atoms. The molecule has 3 aromatic rings. The zero-order valence-electron chi connectivity index (χ0n) is 16.4. The molecular weight excluding hydrogens is 369 g/mol.